The Morgan fingerprint density at radius 3 is 2.81 bits per heavy atom. The zero-order chi connectivity index (χ0) is 11.4. The largest absolute Gasteiger partial charge is 0.313 e. The lowest BCUT2D eigenvalue weighted by atomic mass is 10.5. The Labute approximate surface area is 95.3 Å². The van der Waals surface area contributed by atoms with E-state index in [1.165, 1.54) is 0 Å². The van der Waals surface area contributed by atoms with Crippen molar-refractivity contribution < 1.29 is 8.42 Å². The van der Waals surface area contributed by atoms with Gasteiger partial charge in [-0.05, 0) is 25.0 Å². The average molecular weight is 241 g/mol. The number of sulfonamides is 1. The van der Waals surface area contributed by atoms with Gasteiger partial charge in [-0.1, -0.05) is 6.07 Å². The van der Waals surface area contributed by atoms with Crippen LogP contribution >= 0.6 is 0 Å². The van der Waals surface area contributed by atoms with Gasteiger partial charge in [0.1, 0.15) is 5.82 Å². The second-order valence-electron chi connectivity index (χ2n) is 3.86. The molecule has 0 aromatic carbocycles. The Balaban J connectivity index is 1.82. The van der Waals surface area contributed by atoms with Crippen molar-refractivity contribution in [2.24, 2.45) is 0 Å². The first-order valence-electron chi connectivity index (χ1n) is 5.31. The number of anilines is 1. The zero-order valence-corrected chi connectivity index (χ0v) is 9.70. The Morgan fingerprint density at radius 1 is 1.38 bits per heavy atom. The van der Waals surface area contributed by atoms with Gasteiger partial charge >= 0.3 is 0 Å². The van der Waals surface area contributed by atoms with Crippen LogP contribution in [0.15, 0.2) is 24.4 Å². The van der Waals surface area contributed by atoms with E-state index in [2.05, 4.69) is 15.0 Å². The van der Waals surface area contributed by atoms with Crippen LogP contribution < -0.4 is 10.0 Å². The van der Waals surface area contributed by atoms with Gasteiger partial charge in [0, 0.05) is 18.8 Å². The van der Waals surface area contributed by atoms with Crippen LogP contribution in [0, 0.1) is 0 Å². The lowest BCUT2D eigenvalue weighted by Gasteiger charge is -2.07. The summed E-state index contributed by atoms with van der Waals surface area (Å²) < 4.78 is 25.7. The smallest absolute Gasteiger partial charge is 0.235 e. The molecule has 2 N–H and O–H groups in total. The van der Waals surface area contributed by atoms with E-state index in [0.717, 1.165) is 12.8 Å². The van der Waals surface area contributed by atoms with E-state index in [-0.39, 0.29) is 5.75 Å². The minimum atomic E-state index is -3.28. The molecule has 1 heterocycles. The number of rotatable bonds is 6. The summed E-state index contributed by atoms with van der Waals surface area (Å²) in [5.74, 6) is 0.453. The van der Waals surface area contributed by atoms with E-state index in [4.69, 9.17) is 0 Å². The molecule has 0 unspecified atom stereocenters. The lowest BCUT2D eigenvalue weighted by molar-refractivity contribution is 0.595. The third-order valence-electron chi connectivity index (χ3n) is 2.31. The summed E-state index contributed by atoms with van der Waals surface area (Å²) in [6.45, 7) is 0.493. The molecule has 0 bridgehead atoms. The fourth-order valence-corrected chi connectivity index (χ4v) is 2.25. The first kappa shape index (κ1) is 11.3. The first-order chi connectivity index (χ1) is 7.66. The first-order valence-corrected chi connectivity index (χ1v) is 6.96. The van der Waals surface area contributed by atoms with Gasteiger partial charge in [0.25, 0.3) is 0 Å². The second-order valence-corrected chi connectivity index (χ2v) is 5.71. The van der Waals surface area contributed by atoms with Crippen molar-refractivity contribution in [3.8, 4) is 0 Å². The van der Waals surface area contributed by atoms with Crippen molar-refractivity contribution in [2.75, 3.05) is 17.0 Å². The van der Waals surface area contributed by atoms with Gasteiger partial charge in [-0.15, -0.1) is 0 Å². The summed E-state index contributed by atoms with van der Waals surface area (Å²) in [7, 11) is -3.28. The van der Waals surface area contributed by atoms with Crippen molar-refractivity contribution in [3.63, 3.8) is 0 Å². The van der Waals surface area contributed by atoms with Crippen LogP contribution in [-0.2, 0) is 10.0 Å². The van der Waals surface area contributed by atoms with Crippen molar-refractivity contribution in [2.45, 2.75) is 18.9 Å². The zero-order valence-electron chi connectivity index (χ0n) is 8.89. The van der Waals surface area contributed by atoms with Crippen LogP contribution in [0.2, 0.25) is 0 Å². The summed E-state index contributed by atoms with van der Waals surface area (Å²) >= 11 is 0. The van der Waals surface area contributed by atoms with Crippen LogP contribution in [0.1, 0.15) is 12.8 Å². The topological polar surface area (TPSA) is 71.1 Å². The van der Waals surface area contributed by atoms with Crippen LogP contribution in [0.5, 0.6) is 0 Å². The number of aromatic nitrogens is 1. The van der Waals surface area contributed by atoms with Gasteiger partial charge in [-0.3, -0.25) is 4.72 Å². The highest BCUT2D eigenvalue weighted by molar-refractivity contribution is 7.92. The van der Waals surface area contributed by atoms with Crippen LogP contribution in [0.25, 0.3) is 0 Å². The molecule has 0 atom stereocenters. The van der Waals surface area contributed by atoms with Crippen LogP contribution in [0.4, 0.5) is 5.82 Å². The minimum Gasteiger partial charge on any atom is -0.313 e. The molecule has 1 aliphatic rings. The van der Waals surface area contributed by atoms with Crippen molar-refractivity contribution in [1.29, 1.82) is 0 Å². The molecular formula is C10H15N3O2S. The molecule has 0 spiro atoms. The average Bonchev–Trinajstić information content (AvgIpc) is 3.02. The molecule has 88 valence electrons. The molecule has 1 saturated carbocycles. The molecule has 5 nitrogen and oxygen atoms in total. The summed E-state index contributed by atoms with van der Waals surface area (Å²) in [4.78, 5) is 3.91. The summed E-state index contributed by atoms with van der Waals surface area (Å²) in [5.41, 5.74) is 0. The molecule has 16 heavy (non-hydrogen) atoms. The van der Waals surface area contributed by atoms with Gasteiger partial charge in [-0.25, -0.2) is 13.4 Å². The van der Waals surface area contributed by atoms with Crippen molar-refractivity contribution in [3.05, 3.63) is 24.4 Å². The van der Waals surface area contributed by atoms with Crippen LogP contribution in [-0.4, -0.2) is 31.7 Å². The Hall–Kier alpha value is -1.14. The predicted molar refractivity (Wildman–Crippen MR) is 62.7 cm³/mol. The highest BCUT2D eigenvalue weighted by Gasteiger charge is 2.21. The van der Waals surface area contributed by atoms with E-state index in [0.29, 0.717) is 18.4 Å². The third-order valence-corrected chi connectivity index (χ3v) is 3.57. The number of nitrogens with one attached hydrogen (secondary N) is 2. The minimum absolute atomic E-state index is 0.0834. The molecule has 1 fully saturated rings. The fourth-order valence-electron chi connectivity index (χ4n) is 1.32. The monoisotopic (exact) mass is 241 g/mol. The van der Waals surface area contributed by atoms with E-state index >= 15 is 0 Å². The van der Waals surface area contributed by atoms with Crippen molar-refractivity contribution in [1.82, 2.24) is 10.3 Å². The quantitative estimate of drug-likeness (QED) is 0.764. The fraction of sp³-hybridized carbons (Fsp3) is 0.500. The molecule has 0 radical (unpaired) electrons. The van der Waals surface area contributed by atoms with E-state index in [1.807, 2.05) is 0 Å². The number of hydrogen-bond acceptors (Lipinski definition) is 4. The lowest BCUT2D eigenvalue weighted by Crippen LogP contribution is -2.28. The number of pyridine rings is 1. The van der Waals surface area contributed by atoms with E-state index < -0.39 is 10.0 Å². The maximum Gasteiger partial charge on any atom is 0.235 e. The van der Waals surface area contributed by atoms with Crippen molar-refractivity contribution >= 4 is 15.8 Å². The Kier molecular flexibility index (Phi) is 3.40. The molecule has 2 rings (SSSR count). The summed E-state index contributed by atoms with van der Waals surface area (Å²) in [6, 6.07) is 5.65. The number of hydrogen-bond donors (Lipinski definition) is 2. The third kappa shape index (κ3) is 3.79. The molecule has 6 heteroatoms. The van der Waals surface area contributed by atoms with Gasteiger partial charge in [-0.2, -0.15) is 0 Å². The maximum absolute atomic E-state index is 11.6. The SMILES string of the molecule is O=S(=O)(CCNC1CC1)Nc1ccccn1. The van der Waals surface area contributed by atoms with E-state index in [9.17, 15) is 8.42 Å². The number of nitrogens with zero attached hydrogens (tertiary/aromatic N) is 1. The maximum atomic E-state index is 11.6. The normalized spacial score (nSPS) is 16.0. The molecule has 0 amide bonds. The molecule has 0 aliphatic heterocycles. The summed E-state index contributed by atoms with van der Waals surface area (Å²) in [5, 5.41) is 3.16. The second kappa shape index (κ2) is 4.80. The Bertz CT molecular complexity index is 429. The Morgan fingerprint density at radius 2 is 2.19 bits per heavy atom. The highest BCUT2D eigenvalue weighted by Crippen LogP contribution is 2.18. The molecule has 1 aromatic rings. The van der Waals surface area contributed by atoms with E-state index in [1.54, 1.807) is 24.4 Å². The molecule has 0 saturated heterocycles. The molecule has 1 aromatic heterocycles. The van der Waals surface area contributed by atoms with Gasteiger partial charge in [0.05, 0.1) is 5.75 Å². The highest BCUT2D eigenvalue weighted by atomic mass is 32.2. The van der Waals surface area contributed by atoms with Gasteiger partial charge < -0.3 is 5.32 Å². The van der Waals surface area contributed by atoms with Gasteiger partial charge in [0.15, 0.2) is 0 Å². The molecular weight excluding hydrogens is 226 g/mol. The molecule has 1 aliphatic carbocycles. The summed E-state index contributed by atoms with van der Waals surface area (Å²) in [6.07, 6.45) is 3.88. The predicted octanol–water partition coefficient (Wildman–Crippen LogP) is 0.575. The van der Waals surface area contributed by atoms with Gasteiger partial charge in [0.2, 0.25) is 10.0 Å². The standard InChI is InChI=1S/C10H15N3O2S/c14-16(15,8-7-11-9-4-5-9)13-10-3-1-2-6-12-10/h1-3,6,9,11H,4-5,7-8H2,(H,12,13). The van der Waals surface area contributed by atoms with Crippen LogP contribution in [0.3, 0.4) is 0 Å².